The summed E-state index contributed by atoms with van der Waals surface area (Å²) in [6, 6.07) is 13.8. The molecule has 1 aromatic carbocycles. The molecule has 0 unspecified atom stereocenters. The van der Waals surface area contributed by atoms with E-state index in [2.05, 4.69) is 19.9 Å². The fourth-order valence-corrected chi connectivity index (χ4v) is 2.65. The van der Waals surface area contributed by atoms with Gasteiger partial charge in [0, 0.05) is 12.3 Å². The molecule has 0 saturated carbocycles. The average molecular weight is 371 g/mol. The van der Waals surface area contributed by atoms with Gasteiger partial charge in [-0.1, -0.05) is 6.07 Å². The zero-order valence-electron chi connectivity index (χ0n) is 14.7. The van der Waals surface area contributed by atoms with Gasteiger partial charge < -0.3 is 14.5 Å². The Bertz CT molecular complexity index is 1190. The quantitative estimate of drug-likeness (QED) is 0.546. The van der Waals surface area contributed by atoms with Crippen LogP contribution in [0.1, 0.15) is 16.1 Å². The van der Waals surface area contributed by atoms with Crippen LogP contribution in [0, 0.1) is 11.3 Å². The number of aromatic amines is 1. The van der Waals surface area contributed by atoms with Gasteiger partial charge in [0.25, 0.3) is 0 Å². The summed E-state index contributed by atoms with van der Waals surface area (Å²) in [4.78, 5) is 28.2. The molecule has 0 aliphatic carbocycles. The van der Waals surface area contributed by atoms with Crippen molar-refractivity contribution in [3.8, 4) is 29.1 Å². The minimum Gasteiger partial charge on any atom is -0.465 e. The highest BCUT2D eigenvalue weighted by Gasteiger charge is 2.18. The van der Waals surface area contributed by atoms with Crippen molar-refractivity contribution in [3.63, 3.8) is 0 Å². The van der Waals surface area contributed by atoms with Gasteiger partial charge in [0.1, 0.15) is 34.5 Å². The predicted octanol–water partition coefficient (Wildman–Crippen LogP) is 3.47. The summed E-state index contributed by atoms with van der Waals surface area (Å²) in [5.74, 6) is 0.671. The van der Waals surface area contributed by atoms with E-state index in [1.807, 2.05) is 24.3 Å². The van der Waals surface area contributed by atoms with Crippen molar-refractivity contribution < 1.29 is 14.3 Å². The second kappa shape index (κ2) is 7.17. The highest BCUT2D eigenvalue weighted by Crippen LogP contribution is 2.31. The number of ether oxygens (including phenoxy) is 2. The van der Waals surface area contributed by atoms with Gasteiger partial charge >= 0.3 is 5.97 Å². The van der Waals surface area contributed by atoms with Crippen molar-refractivity contribution in [2.75, 3.05) is 7.11 Å². The fraction of sp³-hybridized carbons (Fsp3) is 0.0500. The summed E-state index contributed by atoms with van der Waals surface area (Å²) >= 11 is 0. The third-order valence-corrected chi connectivity index (χ3v) is 3.97. The minimum atomic E-state index is -0.549. The zero-order valence-corrected chi connectivity index (χ0v) is 14.7. The molecule has 4 aromatic rings. The van der Waals surface area contributed by atoms with Crippen LogP contribution in [0.2, 0.25) is 0 Å². The lowest BCUT2D eigenvalue weighted by molar-refractivity contribution is 0.0598. The third kappa shape index (κ3) is 3.24. The Balaban J connectivity index is 1.79. The molecular weight excluding hydrogens is 358 g/mol. The monoisotopic (exact) mass is 371 g/mol. The Morgan fingerprint density at radius 2 is 2.07 bits per heavy atom. The molecule has 0 fully saturated rings. The summed E-state index contributed by atoms with van der Waals surface area (Å²) in [6.07, 6.45) is 3.09. The number of H-pyrrole nitrogens is 1. The number of aromatic nitrogens is 4. The molecule has 1 N–H and O–H groups in total. The summed E-state index contributed by atoms with van der Waals surface area (Å²) in [7, 11) is 1.30. The number of fused-ring (bicyclic) bond motifs is 1. The smallest absolute Gasteiger partial charge is 0.341 e. The standard InChI is InChI=1S/C20H13N5O3/c1-27-20(26)14-8-16-17(25-19(24-16)15-4-2-3-7-22-15)9-18(14)28-13-6-5-12(10-21)23-11-13/h2-9,11H,1H3,(H,24,25). The molecule has 0 atom stereocenters. The number of carbonyl (C=O) groups is 1. The molecule has 3 aromatic heterocycles. The number of hydrogen-bond donors (Lipinski definition) is 1. The topological polar surface area (TPSA) is 114 Å². The van der Waals surface area contributed by atoms with Gasteiger partial charge in [-0.3, -0.25) is 4.98 Å². The number of esters is 1. The minimum absolute atomic E-state index is 0.232. The molecule has 0 aliphatic heterocycles. The maximum atomic E-state index is 12.2. The number of nitrogens with one attached hydrogen (secondary N) is 1. The highest BCUT2D eigenvalue weighted by molar-refractivity contribution is 5.97. The first-order valence-electron chi connectivity index (χ1n) is 8.25. The fourth-order valence-electron chi connectivity index (χ4n) is 2.65. The number of hydrogen-bond acceptors (Lipinski definition) is 7. The van der Waals surface area contributed by atoms with Gasteiger partial charge in [-0.2, -0.15) is 5.26 Å². The van der Waals surface area contributed by atoms with Gasteiger partial charge in [0.05, 0.1) is 24.3 Å². The van der Waals surface area contributed by atoms with Crippen LogP contribution in [0.5, 0.6) is 11.5 Å². The lowest BCUT2D eigenvalue weighted by Gasteiger charge is -2.09. The van der Waals surface area contributed by atoms with Gasteiger partial charge in [-0.05, 0) is 30.3 Å². The Hall–Kier alpha value is -4.25. The Morgan fingerprint density at radius 1 is 1.18 bits per heavy atom. The molecule has 8 nitrogen and oxygen atoms in total. The average Bonchev–Trinajstić information content (AvgIpc) is 3.17. The van der Waals surface area contributed by atoms with E-state index in [0.717, 1.165) is 0 Å². The van der Waals surface area contributed by atoms with Crippen LogP contribution in [-0.4, -0.2) is 33.0 Å². The summed E-state index contributed by atoms with van der Waals surface area (Å²) in [5.41, 5.74) is 2.42. The SMILES string of the molecule is COC(=O)c1cc2[nH]c(-c3ccccn3)nc2cc1Oc1ccc(C#N)nc1. The second-order valence-corrected chi connectivity index (χ2v) is 5.75. The van der Waals surface area contributed by atoms with E-state index in [-0.39, 0.29) is 17.0 Å². The Kier molecular flexibility index (Phi) is 4.40. The van der Waals surface area contributed by atoms with E-state index in [1.165, 1.54) is 19.4 Å². The van der Waals surface area contributed by atoms with Crippen molar-refractivity contribution >= 4 is 17.0 Å². The first-order chi connectivity index (χ1) is 13.7. The molecule has 0 aliphatic rings. The largest absolute Gasteiger partial charge is 0.465 e. The second-order valence-electron chi connectivity index (χ2n) is 5.75. The lowest BCUT2D eigenvalue weighted by atomic mass is 10.1. The highest BCUT2D eigenvalue weighted by atomic mass is 16.5. The van der Waals surface area contributed by atoms with E-state index in [4.69, 9.17) is 14.7 Å². The molecule has 0 amide bonds. The number of imidazole rings is 1. The number of pyridine rings is 2. The van der Waals surface area contributed by atoms with E-state index >= 15 is 0 Å². The Morgan fingerprint density at radius 3 is 2.75 bits per heavy atom. The number of methoxy groups -OCH3 is 1. The normalized spacial score (nSPS) is 10.4. The Labute approximate surface area is 159 Å². The van der Waals surface area contributed by atoms with E-state index in [1.54, 1.807) is 24.4 Å². The molecule has 0 saturated heterocycles. The maximum absolute atomic E-state index is 12.2. The number of rotatable bonds is 4. The summed E-state index contributed by atoms with van der Waals surface area (Å²) in [6.45, 7) is 0. The molecule has 8 heteroatoms. The van der Waals surface area contributed by atoms with Crippen LogP contribution in [0.3, 0.4) is 0 Å². The van der Waals surface area contributed by atoms with Gasteiger partial charge in [-0.25, -0.2) is 14.8 Å². The van der Waals surface area contributed by atoms with Crippen molar-refractivity contribution in [2.24, 2.45) is 0 Å². The maximum Gasteiger partial charge on any atom is 0.341 e. The number of nitrogens with zero attached hydrogens (tertiary/aromatic N) is 4. The van der Waals surface area contributed by atoms with Gasteiger partial charge in [-0.15, -0.1) is 0 Å². The van der Waals surface area contributed by atoms with E-state index in [9.17, 15) is 4.79 Å². The molecular formula is C20H13N5O3. The van der Waals surface area contributed by atoms with Crippen molar-refractivity contribution in [3.05, 3.63) is 66.1 Å². The molecule has 4 rings (SSSR count). The summed E-state index contributed by atoms with van der Waals surface area (Å²) in [5, 5.41) is 8.85. The molecule has 3 heterocycles. The number of carbonyl (C=O) groups excluding carboxylic acids is 1. The molecule has 28 heavy (non-hydrogen) atoms. The number of nitriles is 1. The molecule has 0 radical (unpaired) electrons. The molecule has 0 spiro atoms. The summed E-state index contributed by atoms with van der Waals surface area (Å²) < 4.78 is 10.7. The van der Waals surface area contributed by atoms with Gasteiger partial charge in [0.2, 0.25) is 0 Å². The lowest BCUT2D eigenvalue weighted by Crippen LogP contribution is -2.04. The predicted molar refractivity (Wildman–Crippen MR) is 99.7 cm³/mol. The van der Waals surface area contributed by atoms with E-state index in [0.29, 0.717) is 28.3 Å². The van der Waals surface area contributed by atoms with Crippen LogP contribution in [-0.2, 0) is 4.74 Å². The van der Waals surface area contributed by atoms with Crippen LogP contribution < -0.4 is 4.74 Å². The molecule has 0 bridgehead atoms. The van der Waals surface area contributed by atoms with Crippen LogP contribution in [0.15, 0.2) is 54.9 Å². The van der Waals surface area contributed by atoms with Crippen LogP contribution in [0.25, 0.3) is 22.6 Å². The third-order valence-electron chi connectivity index (χ3n) is 3.97. The zero-order chi connectivity index (χ0) is 19.5. The van der Waals surface area contributed by atoms with Crippen molar-refractivity contribution in [1.82, 2.24) is 19.9 Å². The first kappa shape index (κ1) is 17.2. The molecule has 136 valence electrons. The van der Waals surface area contributed by atoms with Crippen LogP contribution in [0.4, 0.5) is 0 Å². The van der Waals surface area contributed by atoms with Crippen molar-refractivity contribution in [1.29, 1.82) is 5.26 Å². The van der Waals surface area contributed by atoms with Crippen LogP contribution >= 0.6 is 0 Å². The van der Waals surface area contributed by atoms with E-state index < -0.39 is 5.97 Å². The number of benzene rings is 1. The van der Waals surface area contributed by atoms with Gasteiger partial charge in [0.15, 0.2) is 5.82 Å². The first-order valence-corrected chi connectivity index (χ1v) is 8.25. The van der Waals surface area contributed by atoms with Crippen molar-refractivity contribution in [2.45, 2.75) is 0 Å².